The summed E-state index contributed by atoms with van der Waals surface area (Å²) in [7, 11) is 0. The molecular weight excluding hydrogens is 622 g/mol. The fourth-order valence-corrected chi connectivity index (χ4v) is 9.56. The molecule has 5 heteroatoms. The average Bonchev–Trinajstić information content (AvgIpc) is 3.52. The molecule has 0 aliphatic carbocycles. The first-order chi connectivity index (χ1) is 18.1. The van der Waals surface area contributed by atoms with Crippen molar-refractivity contribution in [3.8, 4) is 0 Å². The van der Waals surface area contributed by atoms with Crippen LogP contribution in [0.25, 0.3) is 40.6 Å². The molecule has 0 saturated carbocycles. The Bertz CT molecular complexity index is 1380. The molecule has 0 fully saturated rings. The molecule has 3 aromatic heterocycles. The molecule has 1 atom stereocenters. The van der Waals surface area contributed by atoms with Crippen LogP contribution in [0.1, 0.15) is 90.9 Å². The van der Waals surface area contributed by atoms with Gasteiger partial charge in [-0.1, -0.05) is 122 Å². The number of fused-ring (bicyclic) bond motifs is 7. The van der Waals surface area contributed by atoms with E-state index < -0.39 is 0 Å². The number of aromatic nitrogens is 1. The van der Waals surface area contributed by atoms with E-state index >= 15 is 0 Å². The smallest absolute Gasteiger partial charge is 0.0714 e. The number of unbranched alkanes of at least 4 members (excludes halogenated alkanes) is 8. The Hall–Kier alpha value is -0.880. The normalized spacial score (nSPS) is 13.1. The van der Waals surface area contributed by atoms with Crippen molar-refractivity contribution in [1.82, 2.24) is 4.57 Å². The molecule has 5 rings (SSSR count). The maximum absolute atomic E-state index is 3.71. The number of nitrogens with zero attached hydrogens (tertiary/aromatic N) is 1. The first-order valence-corrected chi connectivity index (χ1v) is 17.5. The molecule has 1 nitrogen and oxygen atoms in total. The topological polar surface area (TPSA) is 4.93 Å². The molecule has 198 valence electrons. The minimum absolute atomic E-state index is 0.748. The lowest BCUT2D eigenvalue weighted by molar-refractivity contribution is 0.366. The second-order valence-electron chi connectivity index (χ2n) is 10.7. The van der Waals surface area contributed by atoms with Crippen LogP contribution < -0.4 is 0 Å². The van der Waals surface area contributed by atoms with Crippen LogP contribution >= 0.6 is 54.5 Å². The second kappa shape index (κ2) is 13.0. The summed E-state index contributed by atoms with van der Waals surface area (Å²) in [5.41, 5.74) is 2.94. The number of benzene rings is 2. The predicted octanol–water partition coefficient (Wildman–Crippen LogP) is 13.1. The zero-order valence-electron chi connectivity index (χ0n) is 22.3. The summed E-state index contributed by atoms with van der Waals surface area (Å²) in [6.45, 7) is 5.77. The average molecular weight is 662 g/mol. The van der Waals surface area contributed by atoms with Gasteiger partial charge in [0.2, 0.25) is 0 Å². The van der Waals surface area contributed by atoms with Crippen LogP contribution in [-0.2, 0) is 6.54 Å². The van der Waals surface area contributed by atoms with Crippen LogP contribution in [0, 0.1) is 5.92 Å². The third-order valence-corrected chi connectivity index (χ3v) is 11.3. The standard InChI is InChI=1S/C32H39Br2NS2/c1-3-5-7-9-10-12-14-22(13-11-8-6-4-2)21-35-29-25-17-15-23(33)19-27(25)36-31(29)32-30(35)26-18-16-24(34)20-28(26)37-32/h15-20,22H,3-14,21H2,1-2H3. The Balaban J connectivity index is 1.53. The Morgan fingerprint density at radius 2 is 1.11 bits per heavy atom. The number of rotatable bonds is 14. The lowest BCUT2D eigenvalue weighted by Gasteiger charge is -2.19. The van der Waals surface area contributed by atoms with Gasteiger partial charge in [-0.15, -0.1) is 22.7 Å². The molecule has 0 radical (unpaired) electrons. The van der Waals surface area contributed by atoms with E-state index in [1.54, 1.807) is 0 Å². The molecular formula is C32H39Br2NS2. The van der Waals surface area contributed by atoms with Crippen molar-refractivity contribution in [1.29, 1.82) is 0 Å². The van der Waals surface area contributed by atoms with Crippen molar-refractivity contribution < 1.29 is 0 Å². The molecule has 0 bridgehead atoms. The van der Waals surface area contributed by atoms with Gasteiger partial charge in [-0.05, 0) is 43.0 Å². The number of thiophene rings is 2. The molecule has 3 heterocycles. The molecule has 0 spiro atoms. The van der Waals surface area contributed by atoms with Crippen LogP contribution in [-0.4, -0.2) is 4.57 Å². The molecule has 37 heavy (non-hydrogen) atoms. The maximum atomic E-state index is 3.71. The Kier molecular flexibility index (Phi) is 9.71. The van der Waals surface area contributed by atoms with Crippen molar-refractivity contribution in [2.24, 2.45) is 5.92 Å². The summed E-state index contributed by atoms with van der Waals surface area (Å²) in [6.07, 6.45) is 16.5. The summed E-state index contributed by atoms with van der Waals surface area (Å²) in [5, 5.41) is 2.84. The third kappa shape index (κ3) is 6.15. The molecule has 0 aliphatic rings. The summed E-state index contributed by atoms with van der Waals surface area (Å²) in [5.74, 6) is 0.748. The van der Waals surface area contributed by atoms with Gasteiger partial charge in [0.15, 0.2) is 0 Å². The quantitative estimate of drug-likeness (QED) is 0.104. The highest BCUT2D eigenvalue weighted by molar-refractivity contribution is 9.10. The summed E-state index contributed by atoms with van der Waals surface area (Å²) in [4.78, 5) is 0. The third-order valence-electron chi connectivity index (χ3n) is 7.87. The van der Waals surface area contributed by atoms with Crippen molar-refractivity contribution in [3.63, 3.8) is 0 Å². The monoisotopic (exact) mass is 659 g/mol. The Labute approximate surface area is 246 Å². The molecule has 0 saturated heterocycles. The van der Waals surface area contributed by atoms with Crippen LogP contribution in [0.2, 0.25) is 0 Å². The molecule has 0 N–H and O–H groups in total. The van der Waals surface area contributed by atoms with Gasteiger partial charge in [-0.2, -0.15) is 0 Å². The van der Waals surface area contributed by atoms with Gasteiger partial charge in [0.1, 0.15) is 0 Å². The largest absolute Gasteiger partial charge is 0.338 e. The summed E-state index contributed by atoms with van der Waals surface area (Å²) >= 11 is 11.4. The van der Waals surface area contributed by atoms with E-state index in [9.17, 15) is 0 Å². The van der Waals surface area contributed by atoms with E-state index in [1.165, 1.54) is 127 Å². The van der Waals surface area contributed by atoms with E-state index in [0.29, 0.717) is 0 Å². The van der Waals surface area contributed by atoms with Gasteiger partial charge >= 0.3 is 0 Å². The van der Waals surface area contributed by atoms with E-state index in [0.717, 1.165) is 12.5 Å². The van der Waals surface area contributed by atoms with Gasteiger partial charge in [0.25, 0.3) is 0 Å². The maximum Gasteiger partial charge on any atom is 0.0714 e. The summed E-state index contributed by atoms with van der Waals surface area (Å²) in [6, 6.07) is 13.7. The second-order valence-corrected chi connectivity index (χ2v) is 14.7. The van der Waals surface area contributed by atoms with Crippen LogP contribution in [0.4, 0.5) is 0 Å². The van der Waals surface area contributed by atoms with Crippen molar-refractivity contribution >= 4 is 95.1 Å². The van der Waals surface area contributed by atoms with Gasteiger partial charge < -0.3 is 4.57 Å². The zero-order valence-corrected chi connectivity index (χ0v) is 27.1. The molecule has 5 aromatic rings. The lowest BCUT2D eigenvalue weighted by atomic mass is 9.94. The van der Waals surface area contributed by atoms with Crippen LogP contribution in [0.5, 0.6) is 0 Å². The van der Waals surface area contributed by atoms with Crippen LogP contribution in [0.3, 0.4) is 0 Å². The van der Waals surface area contributed by atoms with Gasteiger partial charge in [0.05, 0.1) is 20.4 Å². The molecule has 0 amide bonds. The minimum atomic E-state index is 0.748. The lowest BCUT2D eigenvalue weighted by Crippen LogP contribution is -2.11. The van der Waals surface area contributed by atoms with Gasteiger partial charge in [0, 0.05) is 35.7 Å². The van der Waals surface area contributed by atoms with Crippen LogP contribution in [0.15, 0.2) is 45.3 Å². The van der Waals surface area contributed by atoms with E-state index in [1.807, 2.05) is 22.7 Å². The highest BCUT2D eigenvalue weighted by Crippen LogP contribution is 2.48. The first kappa shape index (κ1) is 27.7. The van der Waals surface area contributed by atoms with Crippen molar-refractivity contribution in [3.05, 3.63) is 45.3 Å². The van der Waals surface area contributed by atoms with E-state index in [-0.39, 0.29) is 0 Å². The predicted molar refractivity (Wildman–Crippen MR) is 176 cm³/mol. The number of hydrogen-bond acceptors (Lipinski definition) is 2. The fourth-order valence-electron chi connectivity index (χ4n) is 5.91. The number of halogens is 2. The van der Waals surface area contributed by atoms with Crippen molar-refractivity contribution in [2.45, 2.75) is 97.4 Å². The van der Waals surface area contributed by atoms with E-state index in [4.69, 9.17) is 0 Å². The molecule has 1 unspecified atom stereocenters. The van der Waals surface area contributed by atoms with E-state index in [2.05, 4.69) is 86.7 Å². The highest BCUT2D eigenvalue weighted by atomic mass is 79.9. The Morgan fingerprint density at radius 1 is 0.649 bits per heavy atom. The highest BCUT2D eigenvalue weighted by Gasteiger charge is 2.23. The fraction of sp³-hybridized carbons (Fsp3) is 0.500. The minimum Gasteiger partial charge on any atom is -0.338 e. The zero-order chi connectivity index (χ0) is 25.8. The van der Waals surface area contributed by atoms with Gasteiger partial charge in [-0.25, -0.2) is 0 Å². The Morgan fingerprint density at radius 3 is 1.62 bits per heavy atom. The summed E-state index contributed by atoms with van der Waals surface area (Å²) < 4.78 is 10.8. The first-order valence-electron chi connectivity index (χ1n) is 14.3. The molecule has 2 aromatic carbocycles. The number of hydrogen-bond donors (Lipinski definition) is 0. The SMILES string of the molecule is CCCCCCCCC(CCCCCC)Cn1c2c3ccc(Br)cc3sc2c2sc3cc(Br)ccc3c21. The van der Waals surface area contributed by atoms with Gasteiger partial charge in [-0.3, -0.25) is 0 Å². The molecule has 0 aliphatic heterocycles. The van der Waals surface area contributed by atoms with Crippen molar-refractivity contribution in [2.75, 3.05) is 0 Å².